The van der Waals surface area contributed by atoms with Crippen molar-refractivity contribution in [3.8, 4) is 11.3 Å². The molecule has 0 aliphatic heterocycles. The number of carbonyl (C=O) groups is 1. The lowest BCUT2D eigenvalue weighted by molar-refractivity contribution is 0.102. The van der Waals surface area contributed by atoms with E-state index in [0.717, 1.165) is 5.56 Å². The first kappa shape index (κ1) is 17.4. The smallest absolute Gasteiger partial charge is 0.255 e. The van der Waals surface area contributed by atoms with Gasteiger partial charge in [0.15, 0.2) is 0 Å². The van der Waals surface area contributed by atoms with Crippen molar-refractivity contribution in [3.63, 3.8) is 0 Å². The average molecular weight is 421 g/mol. The number of nitrogens with one attached hydrogen (secondary N) is 1. The number of amides is 1. The van der Waals surface area contributed by atoms with Crippen molar-refractivity contribution in [2.24, 2.45) is 5.14 Å². The van der Waals surface area contributed by atoms with Gasteiger partial charge >= 0.3 is 0 Å². The third kappa shape index (κ3) is 3.98. The monoisotopic (exact) mass is 420 g/mol. The standard InChI is InChI=1S/C17H13BrN2O4S/c18-13-7-8-14(16(10-13)25(19,22)23)20-17(21)12-5-3-11(4-6-12)15-2-1-9-24-15/h1-10H,(H,20,21)(H2,19,22,23). The third-order valence-electron chi connectivity index (χ3n) is 3.45. The molecule has 3 rings (SSSR count). The number of rotatable bonds is 4. The third-order valence-corrected chi connectivity index (χ3v) is 4.90. The Kier molecular flexibility index (Phi) is 4.76. The van der Waals surface area contributed by atoms with Crippen molar-refractivity contribution in [2.75, 3.05) is 5.32 Å². The Labute approximate surface area is 152 Å². The highest BCUT2D eigenvalue weighted by atomic mass is 79.9. The molecular weight excluding hydrogens is 408 g/mol. The second-order valence-corrected chi connectivity index (χ2v) is 7.64. The van der Waals surface area contributed by atoms with Crippen molar-refractivity contribution >= 4 is 37.5 Å². The number of anilines is 1. The number of benzene rings is 2. The Morgan fingerprint density at radius 1 is 1.08 bits per heavy atom. The van der Waals surface area contributed by atoms with Crippen molar-refractivity contribution in [3.05, 3.63) is 70.9 Å². The zero-order valence-corrected chi connectivity index (χ0v) is 15.2. The van der Waals surface area contributed by atoms with Crippen LogP contribution < -0.4 is 10.5 Å². The molecule has 0 unspecified atom stereocenters. The van der Waals surface area contributed by atoms with E-state index in [2.05, 4.69) is 21.2 Å². The van der Waals surface area contributed by atoms with Crippen LogP contribution in [0.5, 0.6) is 0 Å². The summed E-state index contributed by atoms with van der Waals surface area (Å²) in [4.78, 5) is 12.2. The second kappa shape index (κ2) is 6.83. The summed E-state index contributed by atoms with van der Waals surface area (Å²) in [7, 11) is -3.98. The molecule has 2 aromatic carbocycles. The molecule has 25 heavy (non-hydrogen) atoms. The molecule has 0 bridgehead atoms. The topological polar surface area (TPSA) is 102 Å². The lowest BCUT2D eigenvalue weighted by atomic mass is 10.1. The van der Waals surface area contributed by atoms with Crippen LogP contribution in [0.2, 0.25) is 0 Å². The largest absolute Gasteiger partial charge is 0.464 e. The summed E-state index contributed by atoms with van der Waals surface area (Å²) in [5, 5.41) is 7.78. The molecule has 0 radical (unpaired) electrons. The summed E-state index contributed by atoms with van der Waals surface area (Å²) in [6, 6.07) is 14.8. The van der Waals surface area contributed by atoms with Gasteiger partial charge in [0.25, 0.3) is 5.91 Å². The fourth-order valence-corrected chi connectivity index (χ4v) is 3.49. The average Bonchev–Trinajstić information content (AvgIpc) is 3.10. The molecule has 0 aliphatic carbocycles. The summed E-state index contributed by atoms with van der Waals surface area (Å²) in [6.45, 7) is 0. The van der Waals surface area contributed by atoms with Crippen LogP contribution in [-0.2, 0) is 10.0 Å². The first-order valence-electron chi connectivity index (χ1n) is 7.12. The maximum Gasteiger partial charge on any atom is 0.255 e. The van der Waals surface area contributed by atoms with Crippen LogP contribution in [0.15, 0.2) is 74.6 Å². The van der Waals surface area contributed by atoms with E-state index in [1.165, 1.54) is 12.1 Å². The molecule has 0 fully saturated rings. The molecule has 0 saturated heterocycles. The molecular formula is C17H13BrN2O4S. The van der Waals surface area contributed by atoms with Crippen molar-refractivity contribution < 1.29 is 17.6 Å². The van der Waals surface area contributed by atoms with Crippen molar-refractivity contribution in [1.29, 1.82) is 0 Å². The number of hydrogen-bond donors (Lipinski definition) is 2. The van der Waals surface area contributed by atoms with Crippen LogP contribution in [0.4, 0.5) is 5.69 Å². The van der Waals surface area contributed by atoms with Crippen LogP contribution in [-0.4, -0.2) is 14.3 Å². The van der Waals surface area contributed by atoms with Gasteiger partial charge in [-0.15, -0.1) is 0 Å². The molecule has 0 saturated carbocycles. The molecule has 1 aromatic heterocycles. The lowest BCUT2D eigenvalue weighted by Crippen LogP contribution is -2.18. The van der Waals surface area contributed by atoms with E-state index in [0.29, 0.717) is 15.8 Å². The number of carbonyl (C=O) groups excluding carboxylic acids is 1. The van der Waals surface area contributed by atoms with Crippen LogP contribution >= 0.6 is 15.9 Å². The van der Waals surface area contributed by atoms with Gasteiger partial charge in [0.2, 0.25) is 10.0 Å². The quantitative estimate of drug-likeness (QED) is 0.672. The SMILES string of the molecule is NS(=O)(=O)c1cc(Br)ccc1NC(=O)c1ccc(-c2ccco2)cc1. The van der Waals surface area contributed by atoms with Gasteiger partial charge in [0.05, 0.1) is 12.0 Å². The van der Waals surface area contributed by atoms with E-state index in [1.54, 1.807) is 42.7 Å². The Morgan fingerprint density at radius 2 is 1.80 bits per heavy atom. The summed E-state index contributed by atoms with van der Waals surface area (Å²) < 4.78 is 29.2. The number of halogens is 1. The first-order chi connectivity index (χ1) is 11.8. The van der Waals surface area contributed by atoms with Gasteiger partial charge in [0, 0.05) is 15.6 Å². The van der Waals surface area contributed by atoms with Gasteiger partial charge in [0.1, 0.15) is 10.7 Å². The first-order valence-corrected chi connectivity index (χ1v) is 9.46. The zero-order valence-electron chi connectivity index (χ0n) is 12.8. The van der Waals surface area contributed by atoms with Crippen LogP contribution in [0, 0.1) is 0 Å². The Hall–Kier alpha value is -2.42. The van der Waals surface area contributed by atoms with Gasteiger partial charge in [-0.25, -0.2) is 13.6 Å². The van der Waals surface area contributed by atoms with Gasteiger partial charge in [-0.1, -0.05) is 28.1 Å². The molecule has 6 nitrogen and oxygen atoms in total. The molecule has 3 aromatic rings. The summed E-state index contributed by atoms with van der Waals surface area (Å²) in [5.74, 6) is 0.245. The van der Waals surface area contributed by atoms with Crippen molar-refractivity contribution in [2.45, 2.75) is 4.90 Å². The Balaban J connectivity index is 1.86. The van der Waals surface area contributed by atoms with E-state index < -0.39 is 15.9 Å². The fourth-order valence-electron chi connectivity index (χ4n) is 2.26. The maximum atomic E-state index is 12.4. The summed E-state index contributed by atoms with van der Waals surface area (Å²) in [6.07, 6.45) is 1.57. The van der Waals surface area contributed by atoms with Gasteiger partial charge in [-0.3, -0.25) is 4.79 Å². The molecule has 0 spiro atoms. The molecule has 1 heterocycles. The summed E-state index contributed by atoms with van der Waals surface area (Å²) in [5.41, 5.74) is 1.32. The number of primary sulfonamides is 1. The number of nitrogens with two attached hydrogens (primary N) is 1. The number of furan rings is 1. The van der Waals surface area contributed by atoms with E-state index in [4.69, 9.17) is 9.56 Å². The highest BCUT2D eigenvalue weighted by molar-refractivity contribution is 9.10. The summed E-state index contributed by atoms with van der Waals surface area (Å²) >= 11 is 3.19. The van der Waals surface area contributed by atoms with Crippen LogP contribution in [0.1, 0.15) is 10.4 Å². The minimum absolute atomic E-state index is 0.116. The van der Waals surface area contributed by atoms with Gasteiger partial charge in [-0.2, -0.15) is 0 Å². The molecule has 0 aliphatic rings. The molecule has 0 atom stereocenters. The number of hydrogen-bond acceptors (Lipinski definition) is 4. The normalized spacial score (nSPS) is 11.3. The van der Waals surface area contributed by atoms with E-state index in [9.17, 15) is 13.2 Å². The van der Waals surface area contributed by atoms with Crippen molar-refractivity contribution in [1.82, 2.24) is 0 Å². The van der Waals surface area contributed by atoms with Gasteiger partial charge < -0.3 is 9.73 Å². The Bertz CT molecular complexity index is 1010. The zero-order chi connectivity index (χ0) is 18.0. The number of sulfonamides is 1. The highest BCUT2D eigenvalue weighted by Crippen LogP contribution is 2.25. The minimum Gasteiger partial charge on any atom is -0.464 e. The van der Waals surface area contributed by atoms with Crippen LogP contribution in [0.25, 0.3) is 11.3 Å². The lowest BCUT2D eigenvalue weighted by Gasteiger charge is -2.10. The molecule has 1 amide bonds. The Morgan fingerprint density at radius 3 is 2.40 bits per heavy atom. The highest BCUT2D eigenvalue weighted by Gasteiger charge is 2.17. The van der Waals surface area contributed by atoms with E-state index in [-0.39, 0.29) is 10.6 Å². The van der Waals surface area contributed by atoms with E-state index in [1.807, 2.05) is 6.07 Å². The fraction of sp³-hybridized carbons (Fsp3) is 0. The minimum atomic E-state index is -3.98. The molecule has 8 heteroatoms. The second-order valence-electron chi connectivity index (χ2n) is 5.19. The van der Waals surface area contributed by atoms with E-state index >= 15 is 0 Å². The molecule has 3 N–H and O–H groups in total. The van der Waals surface area contributed by atoms with Crippen LogP contribution in [0.3, 0.4) is 0 Å². The van der Waals surface area contributed by atoms with Gasteiger partial charge in [-0.05, 0) is 42.5 Å². The predicted molar refractivity (Wildman–Crippen MR) is 97.6 cm³/mol. The molecule has 128 valence electrons. The predicted octanol–water partition coefficient (Wildman–Crippen LogP) is 3.61. The maximum absolute atomic E-state index is 12.4.